The zero-order chi connectivity index (χ0) is 20.9. The fourth-order valence-corrected chi connectivity index (χ4v) is 4.84. The molecule has 4 rings (SSSR count). The van der Waals surface area contributed by atoms with Crippen LogP contribution < -0.4 is 4.74 Å². The van der Waals surface area contributed by atoms with E-state index in [1.807, 2.05) is 9.58 Å². The average Bonchev–Trinajstić information content (AvgIpc) is 3.07. The number of halogens is 1. The summed E-state index contributed by atoms with van der Waals surface area (Å²) in [7, 11) is 1.68. The van der Waals surface area contributed by atoms with E-state index in [2.05, 4.69) is 55.8 Å². The molecule has 1 aromatic heterocycles. The maximum Gasteiger partial charge on any atom is 0.275 e. The number of benzene rings is 1. The van der Waals surface area contributed by atoms with Gasteiger partial charge < -0.3 is 14.4 Å². The largest absolute Gasteiger partial charge is 0.496 e. The first-order chi connectivity index (χ1) is 13.7. The summed E-state index contributed by atoms with van der Waals surface area (Å²) in [5, 5.41) is 4.84. The van der Waals surface area contributed by atoms with Gasteiger partial charge in [0, 0.05) is 23.7 Å². The van der Waals surface area contributed by atoms with Gasteiger partial charge in [-0.05, 0) is 74.2 Å². The minimum Gasteiger partial charge on any atom is -0.496 e. The van der Waals surface area contributed by atoms with Crippen LogP contribution in [-0.4, -0.2) is 53.0 Å². The van der Waals surface area contributed by atoms with Crippen LogP contribution in [0.25, 0.3) is 11.3 Å². The van der Waals surface area contributed by atoms with Crippen molar-refractivity contribution in [2.24, 2.45) is 0 Å². The third-order valence-electron chi connectivity index (χ3n) is 5.87. The minimum atomic E-state index is -0.340. The van der Waals surface area contributed by atoms with Crippen LogP contribution in [0, 0.1) is 0 Å². The molecule has 1 amide bonds. The predicted molar refractivity (Wildman–Crippen MR) is 116 cm³/mol. The highest BCUT2D eigenvalue weighted by molar-refractivity contribution is 9.10. The van der Waals surface area contributed by atoms with Crippen LogP contribution in [0.3, 0.4) is 0 Å². The van der Waals surface area contributed by atoms with Crippen molar-refractivity contribution in [1.29, 1.82) is 0 Å². The Morgan fingerprint density at radius 2 is 2.07 bits per heavy atom. The summed E-state index contributed by atoms with van der Waals surface area (Å²) in [6.45, 7) is 10.0. The van der Waals surface area contributed by atoms with Gasteiger partial charge in [0.15, 0.2) is 5.69 Å². The Kier molecular flexibility index (Phi) is 5.23. The molecule has 156 valence electrons. The quantitative estimate of drug-likeness (QED) is 0.685. The monoisotopic (exact) mass is 461 g/mol. The lowest BCUT2D eigenvalue weighted by atomic mass is 9.88. The van der Waals surface area contributed by atoms with Gasteiger partial charge in [-0.1, -0.05) is 0 Å². The summed E-state index contributed by atoms with van der Waals surface area (Å²) >= 11 is 3.62. The fraction of sp³-hybridized carbons (Fsp3) is 0.545. The van der Waals surface area contributed by atoms with Gasteiger partial charge >= 0.3 is 0 Å². The van der Waals surface area contributed by atoms with Gasteiger partial charge in [0.05, 0.1) is 36.0 Å². The zero-order valence-corrected chi connectivity index (χ0v) is 19.3. The molecule has 0 atom stereocenters. The van der Waals surface area contributed by atoms with E-state index in [1.54, 1.807) is 7.11 Å². The van der Waals surface area contributed by atoms with E-state index in [-0.39, 0.29) is 17.5 Å². The van der Waals surface area contributed by atoms with E-state index >= 15 is 0 Å². The number of carbonyl (C=O) groups excluding carboxylic acids is 1. The number of aryl methyl sites for hydroxylation is 1. The topological polar surface area (TPSA) is 56.6 Å². The van der Waals surface area contributed by atoms with Crippen molar-refractivity contribution in [2.45, 2.75) is 52.1 Å². The normalized spacial score (nSPS) is 17.8. The molecule has 0 unspecified atom stereocenters. The van der Waals surface area contributed by atoms with Crippen molar-refractivity contribution >= 4 is 21.8 Å². The molecule has 0 radical (unpaired) electrons. The number of morpholine rings is 1. The summed E-state index contributed by atoms with van der Waals surface area (Å²) in [5.41, 5.74) is 4.70. The van der Waals surface area contributed by atoms with Gasteiger partial charge in [0.25, 0.3) is 5.91 Å². The number of fused-ring (bicyclic) bond motifs is 3. The third-order valence-corrected chi connectivity index (χ3v) is 6.49. The van der Waals surface area contributed by atoms with Crippen molar-refractivity contribution in [1.82, 2.24) is 14.7 Å². The number of hydrogen-bond acceptors (Lipinski definition) is 4. The zero-order valence-electron chi connectivity index (χ0n) is 17.7. The molecule has 0 N–H and O–H groups in total. The Balaban J connectivity index is 1.85. The summed E-state index contributed by atoms with van der Waals surface area (Å²) in [6, 6.07) is 4.33. The van der Waals surface area contributed by atoms with Crippen LogP contribution in [0.5, 0.6) is 5.75 Å². The Hall–Kier alpha value is -1.86. The molecular weight excluding hydrogens is 434 g/mol. The van der Waals surface area contributed by atoms with E-state index in [1.165, 1.54) is 5.56 Å². The second-order valence-corrected chi connectivity index (χ2v) is 9.53. The van der Waals surface area contributed by atoms with Crippen LogP contribution in [0.15, 0.2) is 16.6 Å². The highest BCUT2D eigenvalue weighted by Gasteiger charge is 2.38. The van der Waals surface area contributed by atoms with Gasteiger partial charge in [0.1, 0.15) is 5.75 Å². The van der Waals surface area contributed by atoms with Crippen molar-refractivity contribution in [3.8, 4) is 17.0 Å². The molecule has 0 saturated carbocycles. The van der Waals surface area contributed by atoms with Crippen molar-refractivity contribution in [3.05, 3.63) is 33.4 Å². The molecule has 7 heteroatoms. The first kappa shape index (κ1) is 20.4. The van der Waals surface area contributed by atoms with Gasteiger partial charge in [-0.15, -0.1) is 0 Å². The highest BCUT2D eigenvalue weighted by atomic mass is 79.9. The van der Waals surface area contributed by atoms with Crippen LogP contribution in [-0.2, 0) is 17.6 Å². The van der Waals surface area contributed by atoms with Gasteiger partial charge in [-0.3, -0.25) is 9.48 Å². The van der Waals surface area contributed by atoms with E-state index in [9.17, 15) is 4.79 Å². The molecule has 0 spiro atoms. The molecule has 0 bridgehead atoms. The molecule has 2 heterocycles. The summed E-state index contributed by atoms with van der Waals surface area (Å²) < 4.78 is 14.0. The second kappa shape index (κ2) is 7.43. The number of hydrogen-bond donors (Lipinski definition) is 0. The number of carbonyl (C=O) groups is 1. The molecule has 29 heavy (non-hydrogen) atoms. The lowest BCUT2D eigenvalue weighted by Gasteiger charge is -2.41. The Morgan fingerprint density at radius 1 is 1.31 bits per heavy atom. The van der Waals surface area contributed by atoms with Crippen molar-refractivity contribution in [2.75, 3.05) is 26.9 Å². The Labute approximate surface area is 180 Å². The van der Waals surface area contributed by atoms with Crippen LogP contribution >= 0.6 is 15.9 Å². The number of rotatable bonds is 3. The molecule has 1 fully saturated rings. The Bertz CT molecular complexity index is 965. The number of aromatic nitrogens is 2. The summed E-state index contributed by atoms with van der Waals surface area (Å²) in [6.07, 6.45) is 1.66. The van der Waals surface area contributed by atoms with E-state index in [4.69, 9.17) is 14.6 Å². The van der Waals surface area contributed by atoms with Crippen LogP contribution in [0.1, 0.15) is 55.4 Å². The molecule has 1 saturated heterocycles. The van der Waals surface area contributed by atoms with Crippen molar-refractivity contribution in [3.63, 3.8) is 0 Å². The standard InChI is InChI=1S/C22H28BrN3O3/c1-13(2)26-20-15(7-6-14-10-18(28-5)17(23)11-16(14)20)19(24-26)21(27)25-8-9-29-12-22(25,3)4/h10-11,13H,6-9,12H2,1-5H3. The third kappa shape index (κ3) is 3.38. The number of ether oxygens (including phenoxy) is 2. The fourth-order valence-electron chi connectivity index (χ4n) is 4.34. The Morgan fingerprint density at radius 3 is 2.72 bits per heavy atom. The van der Waals surface area contributed by atoms with E-state index < -0.39 is 0 Å². The first-order valence-corrected chi connectivity index (χ1v) is 10.9. The lowest BCUT2D eigenvalue weighted by molar-refractivity contribution is -0.0374. The van der Waals surface area contributed by atoms with Gasteiger partial charge in [-0.25, -0.2) is 0 Å². The maximum absolute atomic E-state index is 13.6. The average molecular weight is 462 g/mol. The molecular formula is C22H28BrN3O3. The SMILES string of the molecule is COc1cc2c(cc1Br)-c1c(c(C(=O)N3CCOCC3(C)C)nn1C(C)C)CC2. The van der Waals surface area contributed by atoms with Crippen LogP contribution in [0.2, 0.25) is 0 Å². The van der Waals surface area contributed by atoms with Gasteiger partial charge in [0.2, 0.25) is 0 Å². The smallest absolute Gasteiger partial charge is 0.275 e. The minimum absolute atomic E-state index is 0.00461. The van der Waals surface area contributed by atoms with Gasteiger partial charge in [-0.2, -0.15) is 5.10 Å². The molecule has 2 aliphatic rings. The summed E-state index contributed by atoms with van der Waals surface area (Å²) in [4.78, 5) is 15.5. The maximum atomic E-state index is 13.6. The predicted octanol–water partition coefficient (Wildman–Crippen LogP) is 4.25. The highest BCUT2D eigenvalue weighted by Crippen LogP contribution is 2.42. The summed E-state index contributed by atoms with van der Waals surface area (Å²) in [5.74, 6) is 0.833. The van der Waals surface area contributed by atoms with E-state index in [0.717, 1.165) is 39.9 Å². The molecule has 2 aromatic rings. The molecule has 1 aliphatic carbocycles. The van der Waals surface area contributed by atoms with Crippen LogP contribution in [0.4, 0.5) is 0 Å². The van der Waals surface area contributed by atoms with Crippen molar-refractivity contribution < 1.29 is 14.3 Å². The molecule has 6 nitrogen and oxygen atoms in total. The molecule has 1 aliphatic heterocycles. The lowest BCUT2D eigenvalue weighted by Crippen LogP contribution is -2.55. The number of methoxy groups -OCH3 is 1. The number of nitrogens with zero attached hydrogens (tertiary/aromatic N) is 3. The second-order valence-electron chi connectivity index (χ2n) is 8.68. The van der Waals surface area contributed by atoms with E-state index in [0.29, 0.717) is 25.5 Å². The molecule has 1 aromatic carbocycles. The first-order valence-electron chi connectivity index (χ1n) is 10.1. The number of amides is 1.